The van der Waals surface area contributed by atoms with E-state index in [-0.39, 0.29) is 0 Å². The summed E-state index contributed by atoms with van der Waals surface area (Å²) in [5.41, 5.74) is 1.01. The van der Waals surface area contributed by atoms with Gasteiger partial charge in [-0.25, -0.2) is 4.98 Å². The third-order valence-corrected chi connectivity index (χ3v) is 2.98. The molecule has 0 spiro atoms. The number of anilines is 1. The first-order chi connectivity index (χ1) is 10.2. The van der Waals surface area contributed by atoms with Crippen LogP contribution >= 0.6 is 0 Å². The third-order valence-electron chi connectivity index (χ3n) is 2.98. The first-order valence-electron chi connectivity index (χ1n) is 6.50. The fourth-order valence-electron chi connectivity index (χ4n) is 1.92. The van der Waals surface area contributed by atoms with Gasteiger partial charge in [-0.1, -0.05) is 0 Å². The number of benzene rings is 1. The molecule has 0 unspecified atom stereocenters. The fourth-order valence-corrected chi connectivity index (χ4v) is 1.92. The van der Waals surface area contributed by atoms with Crippen LogP contribution in [0.1, 0.15) is 11.4 Å². The summed E-state index contributed by atoms with van der Waals surface area (Å²) in [5, 5.41) is 3.24. The number of nitrogens with one attached hydrogen (secondary N) is 1. The predicted molar refractivity (Wildman–Crippen MR) is 80.2 cm³/mol. The first-order valence-corrected chi connectivity index (χ1v) is 6.50. The summed E-state index contributed by atoms with van der Waals surface area (Å²) in [6.07, 6.45) is 0. The molecule has 2 aromatic rings. The Morgan fingerprint density at radius 3 is 2.48 bits per heavy atom. The average Bonchev–Trinajstić information content (AvgIpc) is 2.52. The second kappa shape index (κ2) is 6.78. The highest BCUT2D eigenvalue weighted by atomic mass is 16.5. The predicted octanol–water partition coefficient (Wildman–Crippen LogP) is 2.42. The van der Waals surface area contributed by atoms with Gasteiger partial charge in [0.05, 0.1) is 21.3 Å². The zero-order chi connectivity index (χ0) is 15.2. The Balaban J connectivity index is 2.14. The van der Waals surface area contributed by atoms with Gasteiger partial charge in [-0.05, 0) is 19.1 Å². The van der Waals surface area contributed by atoms with E-state index in [2.05, 4.69) is 15.3 Å². The number of rotatable bonds is 6. The van der Waals surface area contributed by atoms with Gasteiger partial charge < -0.3 is 19.5 Å². The SMILES string of the molecule is COc1ccc(CNc2cc(OC)nc(C)n2)c(OC)c1. The molecule has 1 N–H and O–H groups in total. The number of ether oxygens (including phenoxy) is 3. The van der Waals surface area contributed by atoms with Gasteiger partial charge in [-0.3, -0.25) is 0 Å². The van der Waals surface area contributed by atoms with E-state index < -0.39 is 0 Å². The minimum atomic E-state index is 0.534. The second-order valence-corrected chi connectivity index (χ2v) is 4.37. The maximum absolute atomic E-state index is 5.37. The summed E-state index contributed by atoms with van der Waals surface area (Å²) >= 11 is 0. The molecule has 0 aliphatic carbocycles. The third kappa shape index (κ3) is 3.75. The molecule has 6 heteroatoms. The molecule has 0 aliphatic rings. The summed E-state index contributed by atoms with van der Waals surface area (Å²) < 4.78 is 15.7. The lowest BCUT2D eigenvalue weighted by Crippen LogP contribution is -2.05. The van der Waals surface area contributed by atoms with Crippen LogP contribution in [0.5, 0.6) is 17.4 Å². The molecule has 0 amide bonds. The lowest BCUT2D eigenvalue weighted by Gasteiger charge is -2.12. The Kier molecular flexibility index (Phi) is 4.81. The van der Waals surface area contributed by atoms with E-state index in [1.807, 2.05) is 25.1 Å². The van der Waals surface area contributed by atoms with Crippen LogP contribution in [0.3, 0.4) is 0 Å². The number of hydrogen-bond acceptors (Lipinski definition) is 6. The standard InChI is InChI=1S/C15H19N3O3/c1-10-17-14(8-15(18-10)21-4)16-9-11-5-6-12(19-2)7-13(11)20-3/h5-8H,9H2,1-4H3,(H,16,17,18). The molecular weight excluding hydrogens is 270 g/mol. The molecule has 0 radical (unpaired) electrons. The van der Waals surface area contributed by atoms with Gasteiger partial charge in [-0.15, -0.1) is 0 Å². The van der Waals surface area contributed by atoms with Gasteiger partial charge in [0.15, 0.2) is 0 Å². The van der Waals surface area contributed by atoms with E-state index in [1.165, 1.54) is 0 Å². The molecule has 0 aliphatic heterocycles. The van der Waals surface area contributed by atoms with Gasteiger partial charge in [-0.2, -0.15) is 4.98 Å². The van der Waals surface area contributed by atoms with E-state index in [9.17, 15) is 0 Å². The molecule has 0 saturated heterocycles. The Bertz CT molecular complexity index is 617. The molecule has 2 rings (SSSR count). The van der Waals surface area contributed by atoms with Gasteiger partial charge >= 0.3 is 0 Å². The van der Waals surface area contributed by atoms with E-state index in [0.717, 1.165) is 17.1 Å². The van der Waals surface area contributed by atoms with Crippen LogP contribution < -0.4 is 19.5 Å². The second-order valence-electron chi connectivity index (χ2n) is 4.37. The van der Waals surface area contributed by atoms with Crippen molar-refractivity contribution in [2.45, 2.75) is 13.5 Å². The molecule has 0 bridgehead atoms. The largest absolute Gasteiger partial charge is 0.497 e. The lowest BCUT2D eigenvalue weighted by molar-refractivity contribution is 0.391. The number of aromatic nitrogens is 2. The van der Waals surface area contributed by atoms with Crippen LogP contribution in [0.4, 0.5) is 5.82 Å². The molecule has 1 aromatic carbocycles. The molecule has 1 heterocycles. The van der Waals surface area contributed by atoms with Gasteiger partial charge in [0.1, 0.15) is 23.1 Å². The highest BCUT2D eigenvalue weighted by Gasteiger charge is 2.06. The van der Waals surface area contributed by atoms with E-state index >= 15 is 0 Å². The highest BCUT2D eigenvalue weighted by Crippen LogP contribution is 2.25. The maximum Gasteiger partial charge on any atom is 0.218 e. The Morgan fingerprint density at radius 2 is 1.81 bits per heavy atom. The summed E-state index contributed by atoms with van der Waals surface area (Å²) in [5.74, 6) is 3.41. The molecule has 1 aromatic heterocycles. The Morgan fingerprint density at radius 1 is 1.00 bits per heavy atom. The van der Waals surface area contributed by atoms with E-state index in [1.54, 1.807) is 27.4 Å². The number of nitrogens with zero attached hydrogens (tertiary/aromatic N) is 2. The lowest BCUT2D eigenvalue weighted by atomic mass is 10.2. The number of methoxy groups -OCH3 is 3. The van der Waals surface area contributed by atoms with E-state index in [4.69, 9.17) is 14.2 Å². The number of hydrogen-bond donors (Lipinski definition) is 1. The van der Waals surface area contributed by atoms with Crippen molar-refractivity contribution in [3.63, 3.8) is 0 Å². The quantitative estimate of drug-likeness (QED) is 0.881. The molecule has 6 nitrogen and oxygen atoms in total. The summed E-state index contributed by atoms with van der Waals surface area (Å²) in [7, 11) is 4.84. The van der Waals surface area contributed by atoms with Crippen molar-refractivity contribution in [1.29, 1.82) is 0 Å². The summed E-state index contributed by atoms with van der Waals surface area (Å²) in [6, 6.07) is 7.45. The maximum atomic E-state index is 5.37. The molecule has 0 saturated carbocycles. The van der Waals surface area contributed by atoms with Crippen molar-refractivity contribution in [1.82, 2.24) is 9.97 Å². The molecule has 112 valence electrons. The molecule has 0 fully saturated rings. The van der Waals surface area contributed by atoms with Crippen LogP contribution in [0.15, 0.2) is 24.3 Å². The monoisotopic (exact) mass is 289 g/mol. The van der Waals surface area contributed by atoms with Crippen LogP contribution in [0.2, 0.25) is 0 Å². The molecule has 21 heavy (non-hydrogen) atoms. The van der Waals surface area contributed by atoms with Crippen molar-refractivity contribution >= 4 is 5.82 Å². The molecular formula is C15H19N3O3. The van der Waals surface area contributed by atoms with Gasteiger partial charge in [0, 0.05) is 24.2 Å². The van der Waals surface area contributed by atoms with Crippen LogP contribution in [0, 0.1) is 6.92 Å². The van der Waals surface area contributed by atoms with Crippen LogP contribution in [-0.2, 0) is 6.54 Å². The number of aryl methyl sites for hydroxylation is 1. The molecule has 0 atom stereocenters. The van der Waals surface area contributed by atoms with Crippen molar-refractivity contribution in [3.05, 3.63) is 35.7 Å². The zero-order valence-corrected chi connectivity index (χ0v) is 12.6. The summed E-state index contributed by atoms with van der Waals surface area (Å²) in [6.45, 7) is 2.40. The minimum Gasteiger partial charge on any atom is -0.497 e. The van der Waals surface area contributed by atoms with Crippen molar-refractivity contribution in [2.75, 3.05) is 26.6 Å². The van der Waals surface area contributed by atoms with E-state index in [0.29, 0.717) is 24.1 Å². The average molecular weight is 289 g/mol. The van der Waals surface area contributed by atoms with Crippen molar-refractivity contribution in [2.24, 2.45) is 0 Å². The van der Waals surface area contributed by atoms with Gasteiger partial charge in [0.25, 0.3) is 0 Å². The first kappa shape index (κ1) is 14.9. The van der Waals surface area contributed by atoms with Crippen molar-refractivity contribution in [3.8, 4) is 17.4 Å². The van der Waals surface area contributed by atoms with Crippen LogP contribution in [0.25, 0.3) is 0 Å². The Hall–Kier alpha value is -2.50. The Labute approximate surface area is 124 Å². The topological polar surface area (TPSA) is 65.5 Å². The smallest absolute Gasteiger partial charge is 0.218 e. The summed E-state index contributed by atoms with van der Waals surface area (Å²) in [4.78, 5) is 8.47. The van der Waals surface area contributed by atoms with Crippen LogP contribution in [-0.4, -0.2) is 31.3 Å². The van der Waals surface area contributed by atoms with Crippen molar-refractivity contribution < 1.29 is 14.2 Å². The fraction of sp³-hybridized carbons (Fsp3) is 0.333. The minimum absolute atomic E-state index is 0.534. The zero-order valence-electron chi connectivity index (χ0n) is 12.6. The normalized spacial score (nSPS) is 10.1. The van der Waals surface area contributed by atoms with Gasteiger partial charge in [0.2, 0.25) is 5.88 Å². The highest BCUT2D eigenvalue weighted by molar-refractivity contribution is 5.44.